The van der Waals surface area contributed by atoms with E-state index in [1.54, 1.807) is 18.4 Å². The molecule has 1 aliphatic heterocycles. The Morgan fingerprint density at radius 2 is 2.50 bits per heavy atom. The number of thiophene rings is 1. The van der Waals surface area contributed by atoms with Gasteiger partial charge in [-0.25, -0.2) is 0 Å². The molecule has 1 aromatic heterocycles. The molecule has 1 saturated heterocycles. The third-order valence-electron chi connectivity index (χ3n) is 3.04. The van der Waals surface area contributed by atoms with E-state index in [2.05, 4.69) is 32.6 Å². The molecule has 2 heterocycles. The van der Waals surface area contributed by atoms with Crippen molar-refractivity contribution in [3.8, 4) is 0 Å². The van der Waals surface area contributed by atoms with Gasteiger partial charge in [-0.05, 0) is 40.9 Å². The lowest BCUT2D eigenvalue weighted by Gasteiger charge is -2.10. The van der Waals surface area contributed by atoms with Gasteiger partial charge in [-0.15, -0.1) is 11.3 Å². The third-order valence-corrected chi connectivity index (χ3v) is 4.72. The van der Waals surface area contributed by atoms with Crippen LogP contribution in [0.25, 0.3) is 0 Å². The molecular weight excluding hydrogens is 316 g/mol. The molecule has 1 amide bonds. The Morgan fingerprint density at radius 3 is 3.11 bits per heavy atom. The van der Waals surface area contributed by atoms with Crippen LogP contribution in [-0.2, 0) is 16.0 Å². The molecule has 0 bridgehead atoms. The maximum Gasteiger partial charge on any atom is 0.237 e. The molecule has 0 radical (unpaired) electrons. The molecule has 2 atom stereocenters. The standard InChI is InChI=1S/C12H17BrN2O2S/c1-17-8-6-10(15-7-8)12(16)14-5-4-9-2-3-11(13)18-9/h2-3,8,10,15H,4-7H2,1H3,(H,14,16). The van der Waals surface area contributed by atoms with E-state index in [-0.39, 0.29) is 18.1 Å². The van der Waals surface area contributed by atoms with Gasteiger partial charge in [-0.3, -0.25) is 4.79 Å². The van der Waals surface area contributed by atoms with Crippen LogP contribution in [-0.4, -0.2) is 38.3 Å². The molecule has 0 spiro atoms. The maximum absolute atomic E-state index is 11.9. The summed E-state index contributed by atoms with van der Waals surface area (Å²) < 4.78 is 6.35. The summed E-state index contributed by atoms with van der Waals surface area (Å²) in [7, 11) is 1.68. The molecule has 6 heteroatoms. The lowest BCUT2D eigenvalue weighted by Crippen LogP contribution is -2.41. The summed E-state index contributed by atoms with van der Waals surface area (Å²) in [5, 5.41) is 6.13. The van der Waals surface area contributed by atoms with Crippen LogP contribution in [0.1, 0.15) is 11.3 Å². The summed E-state index contributed by atoms with van der Waals surface area (Å²) in [5.74, 6) is 0.0742. The first-order chi connectivity index (χ1) is 8.69. The largest absolute Gasteiger partial charge is 0.380 e. The van der Waals surface area contributed by atoms with Crippen molar-refractivity contribution < 1.29 is 9.53 Å². The van der Waals surface area contributed by atoms with Crippen molar-refractivity contribution in [2.45, 2.75) is 25.0 Å². The maximum atomic E-state index is 11.9. The zero-order chi connectivity index (χ0) is 13.0. The van der Waals surface area contributed by atoms with E-state index in [1.165, 1.54) is 4.88 Å². The summed E-state index contributed by atoms with van der Waals surface area (Å²) in [4.78, 5) is 13.1. The number of methoxy groups -OCH3 is 1. The Bertz CT molecular complexity index is 411. The number of carbonyl (C=O) groups is 1. The topological polar surface area (TPSA) is 50.4 Å². The molecule has 1 aliphatic rings. The van der Waals surface area contributed by atoms with E-state index in [4.69, 9.17) is 4.74 Å². The summed E-state index contributed by atoms with van der Waals surface area (Å²) in [6, 6.07) is 4.00. The van der Waals surface area contributed by atoms with Crippen LogP contribution in [0.5, 0.6) is 0 Å². The SMILES string of the molecule is COC1CNC(C(=O)NCCc2ccc(Br)s2)C1. The Hall–Kier alpha value is -0.430. The average molecular weight is 333 g/mol. The van der Waals surface area contributed by atoms with Gasteiger partial charge >= 0.3 is 0 Å². The third kappa shape index (κ3) is 3.78. The molecular formula is C12H17BrN2O2S. The lowest BCUT2D eigenvalue weighted by molar-refractivity contribution is -0.122. The monoisotopic (exact) mass is 332 g/mol. The van der Waals surface area contributed by atoms with Crippen molar-refractivity contribution in [1.29, 1.82) is 0 Å². The van der Waals surface area contributed by atoms with Gasteiger partial charge in [0.15, 0.2) is 0 Å². The lowest BCUT2D eigenvalue weighted by atomic mass is 10.2. The molecule has 0 saturated carbocycles. The summed E-state index contributed by atoms with van der Waals surface area (Å²) in [6.07, 6.45) is 1.80. The number of nitrogens with one attached hydrogen (secondary N) is 2. The van der Waals surface area contributed by atoms with Gasteiger partial charge in [0, 0.05) is 25.1 Å². The van der Waals surface area contributed by atoms with Gasteiger partial charge in [0.05, 0.1) is 15.9 Å². The normalized spacial score (nSPS) is 23.2. The van der Waals surface area contributed by atoms with Crippen molar-refractivity contribution in [1.82, 2.24) is 10.6 Å². The number of halogens is 1. The molecule has 2 unspecified atom stereocenters. The minimum absolute atomic E-state index is 0.0742. The van der Waals surface area contributed by atoms with Crippen LogP contribution in [0.4, 0.5) is 0 Å². The first-order valence-corrected chi connectivity index (χ1v) is 7.58. The number of rotatable bonds is 5. The molecule has 2 N–H and O–H groups in total. The quantitative estimate of drug-likeness (QED) is 0.860. The second kappa shape index (κ2) is 6.65. The molecule has 100 valence electrons. The average Bonchev–Trinajstić information content (AvgIpc) is 2.98. The fourth-order valence-corrected chi connectivity index (χ4v) is 3.48. The zero-order valence-corrected chi connectivity index (χ0v) is 12.6. The number of ether oxygens (including phenoxy) is 1. The molecule has 0 aromatic carbocycles. The second-order valence-corrected chi connectivity index (χ2v) is 6.85. The van der Waals surface area contributed by atoms with Gasteiger partial charge in [0.2, 0.25) is 5.91 Å². The van der Waals surface area contributed by atoms with E-state index in [1.807, 2.05) is 6.07 Å². The van der Waals surface area contributed by atoms with E-state index < -0.39 is 0 Å². The highest BCUT2D eigenvalue weighted by atomic mass is 79.9. The van der Waals surface area contributed by atoms with Gasteiger partial charge in [-0.2, -0.15) is 0 Å². The van der Waals surface area contributed by atoms with Crippen molar-refractivity contribution in [2.24, 2.45) is 0 Å². The first-order valence-electron chi connectivity index (χ1n) is 5.97. The van der Waals surface area contributed by atoms with Crippen LogP contribution in [0.15, 0.2) is 15.9 Å². The highest BCUT2D eigenvalue weighted by Crippen LogP contribution is 2.22. The highest BCUT2D eigenvalue weighted by molar-refractivity contribution is 9.11. The molecule has 2 rings (SSSR count). The molecule has 1 fully saturated rings. The van der Waals surface area contributed by atoms with Crippen molar-refractivity contribution in [3.05, 3.63) is 20.8 Å². The number of amides is 1. The fraction of sp³-hybridized carbons (Fsp3) is 0.583. The zero-order valence-electron chi connectivity index (χ0n) is 10.2. The predicted molar refractivity (Wildman–Crippen MR) is 75.9 cm³/mol. The predicted octanol–water partition coefficient (Wildman–Crippen LogP) is 1.55. The Morgan fingerprint density at radius 1 is 1.67 bits per heavy atom. The van der Waals surface area contributed by atoms with Crippen LogP contribution in [0, 0.1) is 0 Å². The Balaban J connectivity index is 1.69. The van der Waals surface area contributed by atoms with Crippen molar-refractivity contribution >= 4 is 33.2 Å². The minimum Gasteiger partial charge on any atom is -0.380 e. The minimum atomic E-state index is -0.106. The van der Waals surface area contributed by atoms with Crippen molar-refractivity contribution in [3.63, 3.8) is 0 Å². The summed E-state index contributed by atoms with van der Waals surface area (Å²) in [6.45, 7) is 1.44. The molecule has 4 nitrogen and oxygen atoms in total. The summed E-state index contributed by atoms with van der Waals surface area (Å²) in [5.41, 5.74) is 0. The van der Waals surface area contributed by atoms with Gasteiger partial charge in [0.1, 0.15) is 0 Å². The highest BCUT2D eigenvalue weighted by Gasteiger charge is 2.28. The fourth-order valence-electron chi connectivity index (χ4n) is 2.00. The van der Waals surface area contributed by atoms with Crippen molar-refractivity contribution in [2.75, 3.05) is 20.2 Å². The number of carbonyl (C=O) groups excluding carboxylic acids is 1. The number of hydrogen-bond acceptors (Lipinski definition) is 4. The Labute approximate surface area is 119 Å². The van der Waals surface area contributed by atoms with Crippen LogP contribution >= 0.6 is 27.3 Å². The Kier molecular flexibility index (Phi) is 5.17. The van der Waals surface area contributed by atoms with Gasteiger partial charge in [0.25, 0.3) is 0 Å². The first kappa shape index (κ1) is 14.0. The van der Waals surface area contributed by atoms with E-state index in [9.17, 15) is 4.79 Å². The van der Waals surface area contributed by atoms with Crippen LogP contribution in [0.2, 0.25) is 0 Å². The van der Waals surface area contributed by atoms with E-state index in [0.717, 1.165) is 23.2 Å². The van der Waals surface area contributed by atoms with E-state index >= 15 is 0 Å². The van der Waals surface area contributed by atoms with E-state index in [0.29, 0.717) is 6.54 Å². The second-order valence-electron chi connectivity index (χ2n) is 4.30. The molecule has 0 aliphatic carbocycles. The summed E-state index contributed by atoms with van der Waals surface area (Å²) >= 11 is 5.13. The molecule has 1 aromatic rings. The van der Waals surface area contributed by atoms with Gasteiger partial charge in [-0.1, -0.05) is 0 Å². The molecule has 18 heavy (non-hydrogen) atoms. The van der Waals surface area contributed by atoms with Crippen LogP contribution in [0.3, 0.4) is 0 Å². The van der Waals surface area contributed by atoms with Gasteiger partial charge < -0.3 is 15.4 Å². The van der Waals surface area contributed by atoms with Crippen LogP contribution < -0.4 is 10.6 Å². The number of hydrogen-bond donors (Lipinski definition) is 2. The smallest absolute Gasteiger partial charge is 0.237 e.